The molecule has 4 saturated carbocycles. The van der Waals surface area contributed by atoms with Crippen molar-refractivity contribution in [3.63, 3.8) is 0 Å². The quantitative estimate of drug-likeness (QED) is 0.337. The summed E-state index contributed by atoms with van der Waals surface area (Å²) in [5.74, 6) is 0.768. The lowest BCUT2D eigenvalue weighted by molar-refractivity contribution is -0.324. The molecule has 2 heterocycles. The highest BCUT2D eigenvalue weighted by molar-refractivity contribution is 5.23. The Morgan fingerprint density at radius 2 is 1.65 bits per heavy atom. The minimum absolute atomic E-state index is 0.0477. The smallest absolute Gasteiger partial charge is 0.172 e. The van der Waals surface area contributed by atoms with Crippen LogP contribution in [0.25, 0.3) is 0 Å². The number of ether oxygens (including phenoxy) is 2. The first-order valence-electron chi connectivity index (χ1n) is 13.3. The van der Waals surface area contributed by atoms with Gasteiger partial charge in [-0.05, 0) is 67.6 Å². The van der Waals surface area contributed by atoms with Crippen LogP contribution in [0.1, 0.15) is 65.7 Å². The Balaban J connectivity index is 1.31. The molecule has 4 aliphatic carbocycles. The van der Waals surface area contributed by atoms with Gasteiger partial charge >= 0.3 is 0 Å². The van der Waals surface area contributed by atoms with E-state index in [9.17, 15) is 25.5 Å². The maximum atomic E-state index is 11.7. The van der Waals surface area contributed by atoms with E-state index in [4.69, 9.17) is 9.47 Å². The summed E-state index contributed by atoms with van der Waals surface area (Å²) in [7, 11) is 0. The molecule has 0 aromatic carbocycles. The Morgan fingerprint density at radius 1 is 0.941 bits per heavy atom. The van der Waals surface area contributed by atoms with E-state index in [-0.39, 0.29) is 29.3 Å². The van der Waals surface area contributed by atoms with Crippen molar-refractivity contribution in [3.05, 3.63) is 12.2 Å². The zero-order valence-corrected chi connectivity index (χ0v) is 20.7. The van der Waals surface area contributed by atoms with E-state index in [1.54, 1.807) is 0 Å². The third-order valence-corrected chi connectivity index (χ3v) is 12.1. The molecule has 6 fully saturated rings. The third kappa shape index (κ3) is 2.62. The maximum absolute atomic E-state index is 11.7. The van der Waals surface area contributed by atoms with Gasteiger partial charge in [-0.15, -0.1) is 0 Å². The molecule has 6 rings (SSSR count). The molecular weight excluding hydrogens is 436 g/mol. The summed E-state index contributed by atoms with van der Waals surface area (Å²) in [6.45, 7) is 11.2. The summed E-state index contributed by atoms with van der Waals surface area (Å²) in [4.78, 5) is 0. The van der Waals surface area contributed by atoms with Crippen LogP contribution < -0.4 is 0 Å². The molecule has 0 aromatic rings. The first kappa shape index (κ1) is 23.8. The fraction of sp³-hybridized carbons (Fsp3) is 0.926. The molecule has 0 radical (unpaired) electrons. The molecule has 34 heavy (non-hydrogen) atoms. The van der Waals surface area contributed by atoms with Gasteiger partial charge in [-0.3, -0.25) is 0 Å². The van der Waals surface area contributed by atoms with Crippen LogP contribution in [-0.4, -0.2) is 74.0 Å². The maximum Gasteiger partial charge on any atom is 0.172 e. The zero-order chi connectivity index (χ0) is 24.4. The highest BCUT2D eigenvalue weighted by Crippen LogP contribution is 2.71. The summed E-state index contributed by atoms with van der Waals surface area (Å²) in [5, 5.41) is 54.6. The molecule has 6 aliphatic rings. The summed E-state index contributed by atoms with van der Waals surface area (Å²) in [5.41, 5.74) is -1.50. The van der Waals surface area contributed by atoms with E-state index < -0.39 is 41.2 Å². The van der Waals surface area contributed by atoms with E-state index in [0.717, 1.165) is 44.1 Å². The van der Waals surface area contributed by atoms with Crippen LogP contribution in [0.15, 0.2) is 12.2 Å². The molecule has 2 saturated heterocycles. The van der Waals surface area contributed by atoms with Gasteiger partial charge in [-0.1, -0.05) is 32.9 Å². The van der Waals surface area contributed by atoms with E-state index in [2.05, 4.69) is 20.4 Å². The SMILES string of the molecule is C=C1CCC2(OC1)OC1CC3C4CCC5(O)C(O)C(O)C(O)C(O)C5(C)C4CCC3(C)C1C2C. The predicted molar refractivity (Wildman–Crippen MR) is 123 cm³/mol. The minimum atomic E-state index is -1.62. The normalized spacial score (nSPS) is 63.2. The fourth-order valence-electron chi connectivity index (χ4n) is 10.2. The molecule has 0 aromatic heterocycles. The highest BCUT2D eigenvalue weighted by Gasteiger charge is 2.74. The van der Waals surface area contributed by atoms with Crippen LogP contribution >= 0.6 is 0 Å². The Kier molecular flexibility index (Phi) is 5.10. The molecule has 0 amide bonds. The molecular formula is C27H42O7. The second-order valence-electron chi connectivity index (χ2n) is 13.1. The Hall–Kier alpha value is -0.540. The van der Waals surface area contributed by atoms with E-state index in [1.807, 2.05) is 6.92 Å². The zero-order valence-electron chi connectivity index (χ0n) is 20.7. The molecule has 14 unspecified atom stereocenters. The van der Waals surface area contributed by atoms with Gasteiger partial charge in [0.05, 0.1) is 18.8 Å². The van der Waals surface area contributed by atoms with Crippen molar-refractivity contribution in [1.29, 1.82) is 0 Å². The van der Waals surface area contributed by atoms with Crippen LogP contribution in [0.4, 0.5) is 0 Å². The molecule has 14 atom stereocenters. The van der Waals surface area contributed by atoms with Crippen LogP contribution in [0.2, 0.25) is 0 Å². The molecule has 7 heteroatoms. The van der Waals surface area contributed by atoms with Gasteiger partial charge in [0.1, 0.15) is 23.9 Å². The van der Waals surface area contributed by atoms with Crippen molar-refractivity contribution in [3.8, 4) is 0 Å². The third-order valence-electron chi connectivity index (χ3n) is 12.1. The lowest BCUT2D eigenvalue weighted by Gasteiger charge is -2.67. The summed E-state index contributed by atoms with van der Waals surface area (Å²) < 4.78 is 13.1. The number of rotatable bonds is 0. The van der Waals surface area contributed by atoms with E-state index in [0.29, 0.717) is 24.9 Å². The van der Waals surface area contributed by atoms with Crippen molar-refractivity contribution in [2.45, 2.75) is 108 Å². The fourth-order valence-corrected chi connectivity index (χ4v) is 10.2. The van der Waals surface area contributed by atoms with Crippen molar-refractivity contribution in [1.82, 2.24) is 0 Å². The summed E-state index contributed by atoms with van der Waals surface area (Å²) in [6.07, 6.45) is -0.118. The van der Waals surface area contributed by atoms with Crippen molar-refractivity contribution in [2.24, 2.45) is 40.4 Å². The van der Waals surface area contributed by atoms with Crippen molar-refractivity contribution in [2.75, 3.05) is 6.61 Å². The first-order chi connectivity index (χ1) is 15.9. The lowest BCUT2D eigenvalue weighted by Crippen LogP contribution is -2.77. The van der Waals surface area contributed by atoms with E-state index >= 15 is 0 Å². The lowest BCUT2D eigenvalue weighted by atomic mass is 9.41. The molecule has 7 nitrogen and oxygen atoms in total. The van der Waals surface area contributed by atoms with Crippen molar-refractivity contribution >= 4 is 0 Å². The number of aliphatic hydroxyl groups excluding tert-OH is 4. The van der Waals surface area contributed by atoms with Gasteiger partial charge < -0.3 is 35.0 Å². The van der Waals surface area contributed by atoms with Gasteiger partial charge in [-0.2, -0.15) is 0 Å². The number of hydrogen-bond acceptors (Lipinski definition) is 7. The minimum Gasteiger partial charge on any atom is -0.390 e. The van der Waals surface area contributed by atoms with Gasteiger partial charge in [0.15, 0.2) is 5.79 Å². The average molecular weight is 479 g/mol. The van der Waals surface area contributed by atoms with Crippen LogP contribution in [-0.2, 0) is 9.47 Å². The molecule has 1 spiro atoms. The van der Waals surface area contributed by atoms with E-state index in [1.165, 1.54) is 0 Å². The average Bonchev–Trinajstić information content (AvgIpc) is 3.25. The second-order valence-corrected chi connectivity index (χ2v) is 13.1. The molecule has 5 N–H and O–H groups in total. The molecule has 2 aliphatic heterocycles. The monoisotopic (exact) mass is 478 g/mol. The molecule has 0 bridgehead atoms. The largest absolute Gasteiger partial charge is 0.390 e. The van der Waals surface area contributed by atoms with Gasteiger partial charge in [0.25, 0.3) is 0 Å². The van der Waals surface area contributed by atoms with Gasteiger partial charge in [-0.25, -0.2) is 0 Å². The van der Waals surface area contributed by atoms with Gasteiger partial charge in [0, 0.05) is 17.8 Å². The number of hydrogen-bond donors (Lipinski definition) is 5. The first-order valence-corrected chi connectivity index (χ1v) is 13.3. The molecule has 192 valence electrons. The summed E-state index contributed by atoms with van der Waals surface area (Å²) in [6, 6.07) is 0. The van der Waals surface area contributed by atoms with Crippen molar-refractivity contribution < 1.29 is 35.0 Å². The van der Waals surface area contributed by atoms with Crippen LogP contribution in [0.3, 0.4) is 0 Å². The Labute approximate surface area is 202 Å². The Morgan fingerprint density at radius 3 is 2.32 bits per heavy atom. The van der Waals surface area contributed by atoms with Crippen LogP contribution in [0, 0.1) is 40.4 Å². The van der Waals surface area contributed by atoms with Crippen LogP contribution in [0.5, 0.6) is 0 Å². The predicted octanol–water partition coefficient (Wildman–Crippen LogP) is 1.74. The summed E-state index contributed by atoms with van der Waals surface area (Å²) >= 11 is 0. The van der Waals surface area contributed by atoms with Gasteiger partial charge in [0.2, 0.25) is 0 Å². The number of fused-ring (bicyclic) bond motifs is 7. The Bertz CT molecular complexity index is 867. The second kappa shape index (κ2) is 7.27. The number of aliphatic hydroxyl groups is 5. The highest BCUT2D eigenvalue weighted by atomic mass is 16.7. The topological polar surface area (TPSA) is 120 Å². The standard InChI is InChI=1S/C27H42O7/c1-13-5-10-27(33-12-13)14(2)19-18(34-27)11-17-15-6-9-26(32)23(31)21(29)20(28)22(30)25(26,4)16(15)7-8-24(17,19)3/h14-23,28-32H,1,5-12H2,2-4H3.